The topological polar surface area (TPSA) is 80.4 Å². The van der Waals surface area contributed by atoms with Crippen molar-refractivity contribution in [3.05, 3.63) is 53.9 Å². The van der Waals surface area contributed by atoms with Gasteiger partial charge in [0.05, 0.1) is 18.2 Å². The van der Waals surface area contributed by atoms with Crippen molar-refractivity contribution in [1.82, 2.24) is 20.2 Å². The smallest absolute Gasteiger partial charge is 0.225 e. The van der Waals surface area contributed by atoms with E-state index in [2.05, 4.69) is 38.1 Å². The lowest BCUT2D eigenvalue weighted by molar-refractivity contribution is 0.370. The van der Waals surface area contributed by atoms with Gasteiger partial charge in [0.15, 0.2) is 5.96 Å². The predicted molar refractivity (Wildman–Crippen MR) is 102 cm³/mol. The highest BCUT2D eigenvalue weighted by Crippen LogP contribution is 2.11. The van der Waals surface area contributed by atoms with Gasteiger partial charge in [-0.05, 0) is 30.7 Å². The fourth-order valence-electron chi connectivity index (χ4n) is 2.90. The molecule has 0 unspecified atom stereocenters. The molecule has 3 rings (SSSR count). The van der Waals surface area contributed by atoms with E-state index in [1.807, 2.05) is 30.3 Å². The first kappa shape index (κ1) is 17.7. The van der Waals surface area contributed by atoms with Crippen molar-refractivity contribution in [2.24, 2.45) is 4.99 Å². The summed E-state index contributed by atoms with van der Waals surface area (Å²) in [5.74, 6) is 1.69. The molecule has 1 aromatic carbocycles. The molecule has 1 fully saturated rings. The zero-order valence-corrected chi connectivity index (χ0v) is 15.0. The van der Waals surface area contributed by atoms with Crippen LogP contribution in [0.1, 0.15) is 18.1 Å². The number of hydrogen-bond donors (Lipinski definition) is 1. The van der Waals surface area contributed by atoms with Crippen LogP contribution in [-0.4, -0.2) is 53.6 Å². The summed E-state index contributed by atoms with van der Waals surface area (Å²) in [5, 5.41) is 12.4. The summed E-state index contributed by atoms with van der Waals surface area (Å²) in [6.45, 7) is 6.89. The van der Waals surface area contributed by atoms with Gasteiger partial charge in [0, 0.05) is 45.1 Å². The molecule has 0 bridgehead atoms. The number of nitrogens with zero attached hydrogens (tertiary/aromatic N) is 6. The van der Waals surface area contributed by atoms with Crippen LogP contribution in [0.25, 0.3) is 0 Å². The van der Waals surface area contributed by atoms with Crippen molar-refractivity contribution < 1.29 is 0 Å². The van der Waals surface area contributed by atoms with Crippen LogP contribution >= 0.6 is 0 Å². The van der Waals surface area contributed by atoms with Gasteiger partial charge in [-0.25, -0.2) is 15.0 Å². The third-order valence-corrected chi connectivity index (χ3v) is 4.22. The minimum absolute atomic E-state index is 0.555. The highest BCUT2D eigenvalue weighted by molar-refractivity contribution is 5.80. The Labute approximate surface area is 154 Å². The van der Waals surface area contributed by atoms with E-state index in [1.54, 1.807) is 12.4 Å². The van der Waals surface area contributed by atoms with Crippen LogP contribution in [0.3, 0.4) is 0 Å². The first-order chi connectivity index (χ1) is 12.8. The van der Waals surface area contributed by atoms with Gasteiger partial charge in [0.2, 0.25) is 5.95 Å². The number of guanidine groups is 1. The number of piperazine rings is 1. The molecule has 0 atom stereocenters. The van der Waals surface area contributed by atoms with E-state index in [9.17, 15) is 0 Å². The Hall–Kier alpha value is -3.14. The SMILES string of the molecule is CCNC(=NCc1cccc(C#N)c1)N1CCN(c2ncccn2)CC1. The quantitative estimate of drug-likeness (QED) is 0.668. The van der Waals surface area contributed by atoms with Crippen molar-refractivity contribution in [2.45, 2.75) is 13.5 Å². The molecule has 1 saturated heterocycles. The van der Waals surface area contributed by atoms with E-state index >= 15 is 0 Å². The van der Waals surface area contributed by atoms with Gasteiger partial charge in [0.25, 0.3) is 0 Å². The molecule has 1 aromatic heterocycles. The second-order valence-corrected chi connectivity index (χ2v) is 6.01. The van der Waals surface area contributed by atoms with Crippen LogP contribution < -0.4 is 10.2 Å². The van der Waals surface area contributed by atoms with Crippen molar-refractivity contribution in [1.29, 1.82) is 5.26 Å². The number of benzene rings is 1. The fraction of sp³-hybridized carbons (Fsp3) is 0.368. The van der Waals surface area contributed by atoms with Crippen molar-refractivity contribution >= 4 is 11.9 Å². The van der Waals surface area contributed by atoms with Gasteiger partial charge in [-0.3, -0.25) is 0 Å². The number of anilines is 1. The highest BCUT2D eigenvalue weighted by atomic mass is 15.4. The maximum absolute atomic E-state index is 9.03. The molecule has 2 heterocycles. The lowest BCUT2D eigenvalue weighted by Gasteiger charge is -2.36. The largest absolute Gasteiger partial charge is 0.357 e. The number of aromatic nitrogens is 2. The lowest BCUT2D eigenvalue weighted by atomic mass is 10.1. The number of hydrogen-bond acceptors (Lipinski definition) is 5. The Morgan fingerprint density at radius 2 is 1.96 bits per heavy atom. The summed E-state index contributed by atoms with van der Waals surface area (Å²) in [5.41, 5.74) is 1.70. The Bertz CT molecular complexity index is 774. The van der Waals surface area contributed by atoms with Gasteiger partial charge in [-0.2, -0.15) is 5.26 Å². The minimum Gasteiger partial charge on any atom is -0.357 e. The third-order valence-electron chi connectivity index (χ3n) is 4.22. The third kappa shape index (κ3) is 4.48. The van der Waals surface area contributed by atoms with E-state index in [1.165, 1.54) is 0 Å². The Kier molecular flexibility index (Phi) is 5.99. The van der Waals surface area contributed by atoms with Gasteiger partial charge < -0.3 is 15.1 Å². The van der Waals surface area contributed by atoms with Crippen molar-refractivity contribution in [3.8, 4) is 6.07 Å². The zero-order chi connectivity index (χ0) is 18.2. The van der Waals surface area contributed by atoms with Gasteiger partial charge in [-0.15, -0.1) is 0 Å². The number of aliphatic imine (C=N–C) groups is 1. The minimum atomic E-state index is 0.555. The van der Waals surface area contributed by atoms with E-state index in [0.29, 0.717) is 12.1 Å². The van der Waals surface area contributed by atoms with Crippen LogP contribution in [-0.2, 0) is 6.54 Å². The summed E-state index contributed by atoms with van der Waals surface area (Å²) in [6.07, 6.45) is 3.55. The number of nitrogens with one attached hydrogen (secondary N) is 1. The predicted octanol–water partition coefficient (Wildman–Crippen LogP) is 1.64. The maximum Gasteiger partial charge on any atom is 0.225 e. The van der Waals surface area contributed by atoms with Crippen molar-refractivity contribution in [2.75, 3.05) is 37.6 Å². The van der Waals surface area contributed by atoms with E-state index < -0.39 is 0 Å². The molecule has 2 aromatic rings. The lowest BCUT2D eigenvalue weighted by Crippen LogP contribution is -2.52. The summed E-state index contributed by atoms with van der Waals surface area (Å²) in [6, 6.07) is 11.6. The summed E-state index contributed by atoms with van der Waals surface area (Å²) < 4.78 is 0. The average Bonchev–Trinajstić information content (AvgIpc) is 2.72. The van der Waals surface area contributed by atoms with E-state index in [0.717, 1.165) is 50.2 Å². The monoisotopic (exact) mass is 349 g/mol. The molecule has 7 heteroatoms. The molecule has 0 spiro atoms. The molecule has 0 radical (unpaired) electrons. The maximum atomic E-state index is 9.03. The summed E-state index contributed by atoms with van der Waals surface area (Å²) >= 11 is 0. The molecule has 0 saturated carbocycles. The normalized spacial score (nSPS) is 14.8. The van der Waals surface area contributed by atoms with Crippen LogP contribution in [0.15, 0.2) is 47.7 Å². The molecule has 0 aliphatic carbocycles. The first-order valence-corrected chi connectivity index (χ1v) is 8.84. The molecular weight excluding hydrogens is 326 g/mol. The Morgan fingerprint density at radius 3 is 2.65 bits per heavy atom. The van der Waals surface area contributed by atoms with Gasteiger partial charge in [0.1, 0.15) is 0 Å². The second kappa shape index (κ2) is 8.81. The molecule has 0 amide bonds. The van der Waals surface area contributed by atoms with E-state index in [-0.39, 0.29) is 0 Å². The molecule has 1 aliphatic rings. The molecule has 134 valence electrons. The first-order valence-electron chi connectivity index (χ1n) is 8.84. The molecule has 1 aliphatic heterocycles. The molecule has 7 nitrogen and oxygen atoms in total. The van der Waals surface area contributed by atoms with Gasteiger partial charge in [-0.1, -0.05) is 12.1 Å². The molecular formula is C19H23N7. The highest BCUT2D eigenvalue weighted by Gasteiger charge is 2.20. The van der Waals surface area contributed by atoms with Crippen LogP contribution in [0, 0.1) is 11.3 Å². The van der Waals surface area contributed by atoms with E-state index in [4.69, 9.17) is 10.3 Å². The zero-order valence-electron chi connectivity index (χ0n) is 15.0. The van der Waals surface area contributed by atoms with Crippen LogP contribution in [0.5, 0.6) is 0 Å². The van der Waals surface area contributed by atoms with Crippen molar-refractivity contribution in [3.63, 3.8) is 0 Å². The van der Waals surface area contributed by atoms with Gasteiger partial charge >= 0.3 is 0 Å². The Balaban J connectivity index is 1.64. The molecule has 1 N–H and O–H groups in total. The number of nitriles is 1. The fourth-order valence-corrected chi connectivity index (χ4v) is 2.90. The Morgan fingerprint density at radius 1 is 1.19 bits per heavy atom. The second-order valence-electron chi connectivity index (χ2n) is 6.01. The average molecular weight is 349 g/mol. The summed E-state index contributed by atoms with van der Waals surface area (Å²) in [4.78, 5) is 17.9. The standard InChI is InChI=1S/C19H23N7/c1-2-21-18(24-15-17-6-3-5-16(13-17)14-20)25-9-11-26(12-10-25)19-22-7-4-8-23-19/h3-8,13H,2,9-12,15H2,1H3,(H,21,24). The van der Waals surface area contributed by atoms with Crippen LogP contribution in [0.4, 0.5) is 5.95 Å². The number of rotatable bonds is 4. The van der Waals surface area contributed by atoms with Crippen LogP contribution in [0.2, 0.25) is 0 Å². The summed E-state index contributed by atoms with van der Waals surface area (Å²) in [7, 11) is 0. The molecule has 26 heavy (non-hydrogen) atoms.